The number of nitrogens with two attached hydrogens (primary N) is 1. The van der Waals surface area contributed by atoms with E-state index in [-0.39, 0.29) is 55.4 Å². The summed E-state index contributed by atoms with van der Waals surface area (Å²) < 4.78 is 14.6. The molecule has 73 heavy (non-hydrogen) atoms. The molecule has 3 aliphatic heterocycles. The molecule has 9 amide bonds. The van der Waals surface area contributed by atoms with Gasteiger partial charge in [0.2, 0.25) is 5.91 Å². The number of urea groups is 4. The lowest BCUT2D eigenvalue weighted by molar-refractivity contribution is -0.142. The van der Waals surface area contributed by atoms with Crippen molar-refractivity contribution in [3.63, 3.8) is 0 Å². The van der Waals surface area contributed by atoms with Crippen molar-refractivity contribution in [3.05, 3.63) is 54.4 Å². The second kappa shape index (κ2) is 40.4. The lowest BCUT2D eigenvalue weighted by atomic mass is 10.1. The zero-order chi connectivity index (χ0) is 54.1. The van der Waals surface area contributed by atoms with Gasteiger partial charge in [-0.15, -0.1) is 0 Å². The van der Waals surface area contributed by atoms with Crippen LogP contribution in [0.2, 0.25) is 0 Å². The first-order valence-electron chi connectivity index (χ1n) is 24.8. The number of morpholine rings is 1. The third-order valence-corrected chi connectivity index (χ3v) is 10.2. The number of carbonyl (C=O) groups is 8. The van der Waals surface area contributed by atoms with Gasteiger partial charge in [-0.3, -0.25) is 24.1 Å². The summed E-state index contributed by atoms with van der Waals surface area (Å²) in [5, 5.41) is 28.0. The molecule has 0 saturated carbocycles. The number of nitrogens with zero attached hydrogens (tertiary/aromatic N) is 3. The van der Waals surface area contributed by atoms with Crippen molar-refractivity contribution >= 4 is 59.7 Å². The van der Waals surface area contributed by atoms with E-state index < -0.39 is 18.0 Å². The molecule has 3 heterocycles. The molecule has 4 rings (SSSR count). The zero-order valence-corrected chi connectivity index (χ0v) is 43.3. The highest BCUT2D eigenvalue weighted by Crippen LogP contribution is 2.08. The Bertz CT molecular complexity index is 1880. The smallest absolute Gasteiger partial charge is 0.325 e. The van der Waals surface area contributed by atoms with Crippen LogP contribution in [0.25, 0.3) is 0 Å². The summed E-state index contributed by atoms with van der Waals surface area (Å²) in [4.78, 5) is 93.4. The van der Waals surface area contributed by atoms with Gasteiger partial charge in [0.1, 0.15) is 13.1 Å². The van der Waals surface area contributed by atoms with Crippen molar-refractivity contribution in [2.45, 2.75) is 72.8 Å². The van der Waals surface area contributed by atoms with E-state index in [0.717, 1.165) is 75.4 Å². The van der Waals surface area contributed by atoms with Crippen LogP contribution in [0.5, 0.6) is 0 Å². The van der Waals surface area contributed by atoms with Gasteiger partial charge in [-0.05, 0) is 57.2 Å². The maximum atomic E-state index is 11.4. The van der Waals surface area contributed by atoms with Gasteiger partial charge in [0, 0.05) is 90.3 Å². The van der Waals surface area contributed by atoms with Gasteiger partial charge in [-0.25, -0.2) is 24.6 Å². The van der Waals surface area contributed by atoms with E-state index in [1.54, 1.807) is 25.0 Å². The third kappa shape index (κ3) is 34.0. The van der Waals surface area contributed by atoms with Crippen molar-refractivity contribution in [1.82, 2.24) is 63.1 Å². The Hall–Kier alpha value is -7.15. The highest BCUT2D eigenvalue weighted by molar-refractivity contribution is 5.97. The number of ether oxygens (including phenoxy) is 3. The summed E-state index contributed by atoms with van der Waals surface area (Å²) in [6, 6.07) is 6.51. The van der Waals surface area contributed by atoms with Crippen LogP contribution in [0.15, 0.2) is 53.9 Å². The van der Waals surface area contributed by atoms with E-state index in [9.17, 15) is 38.4 Å². The minimum absolute atomic E-state index is 0.0692. The second-order valence-electron chi connectivity index (χ2n) is 16.3. The van der Waals surface area contributed by atoms with E-state index in [0.29, 0.717) is 84.2 Å². The number of nitrogen functional groups attached to an aromatic ring is 1. The highest BCUT2D eigenvalue weighted by Gasteiger charge is 2.20. The third-order valence-electron chi connectivity index (χ3n) is 10.2. The number of hydrazone groups is 1. The van der Waals surface area contributed by atoms with Gasteiger partial charge in [0.25, 0.3) is 0 Å². The maximum Gasteiger partial charge on any atom is 0.325 e. The Kier molecular flexibility index (Phi) is 35.4. The minimum Gasteiger partial charge on any atom is -0.465 e. The molecule has 1 aromatic carbocycles. The summed E-state index contributed by atoms with van der Waals surface area (Å²) in [6.07, 6.45) is 6.50. The lowest BCUT2D eigenvalue weighted by Gasteiger charge is -2.26. The van der Waals surface area contributed by atoms with Crippen LogP contribution in [0.3, 0.4) is 0 Å². The van der Waals surface area contributed by atoms with Crippen molar-refractivity contribution in [1.29, 1.82) is 0 Å². The Morgan fingerprint density at radius 3 is 1.84 bits per heavy atom. The molecule has 1 aromatic rings. The molecule has 2 fully saturated rings. The largest absolute Gasteiger partial charge is 0.465 e. The number of esters is 2. The quantitative estimate of drug-likeness (QED) is 0.0241. The SMILES string of the molecule is C=C(CCC)CNC(=O)NCCCC1C=NNC1=O.C=C(NCC(=O)CCC)NCc1ccc(N)cc1.CCOC(=O)CNC(=O)NCCN1CCNC1=O.CCOC(=O)CNC(=O)NCCN1CCOCC1. The molecule has 3 aliphatic rings. The van der Waals surface area contributed by atoms with Crippen LogP contribution >= 0.6 is 0 Å². The van der Waals surface area contributed by atoms with Gasteiger partial charge in [-0.1, -0.05) is 51.1 Å². The van der Waals surface area contributed by atoms with Crippen LogP contribution in [0, 0.1) is 5.92 Å². The molecule has 0 bridgehead atoms. The van der Waals surface area contributed by atoms with E-state index in [1.807, 2.05) is 31.2 Å². The molecule has 12 N–H and O–H groups in total. The van der Waals surface area contributed by atoms with Crippen LogP contribution in [-0.4, -0.2) is 175 Å². The van der Waals surface area contributed by atoms with E-state index in [1.165, 1.54) is 0 Å². The molecular formula is C48H82N14O11. The number of benzene rings is 1. The number of rotatable bonds is 28. The van der Waals surface area contributed by atoms with Crippen molar-refractivity contribution in [2.75, 3.05) is 117 Å². The number of Topliss-reactive ketones (excluding diaryl/α,β-unsaturated/α-hetero) is 1. The molecule has 0 spiro atoms. The maximum absolute atomic E-state index is 11.4. The summed E-state index contributed by atoms with van der Waals surface area (Å²) in [5.74, 6) is -0.272. The number of hydrogen-bond acceptors (Lipinski definition) is 16. The summed E-state index contributed by atoms with van der Waals surface area (Å²) in [5.41, 5.74) is 10.9. The predicted octanol–water partition coefficient (Wildman–Crippen LogP) is 0.997. The first kappa shape index (κ1) is 63.9. The first-order chi connectivity index (χ1) is 35.1. The Labute approximate surface area is 429 Å². The standard InChI is InChI=1S/C14H21N3O.C13H22N4O2.C11H21N3O4.C10H18N4O4/c1-3-4-14(18)10-17-11(2)16-9-12-5-7-13(15)8-6-12;1-3-5-10(2)8-15-13(19)14-7-4-6-11-9-16-17-12(11)18;1-2-18-10(15)9-13-11(16)12-3-4-14-5-7-17-8-6-14;1-2-18-8(15)7-13-9(16)11-3-5-14-6-4-12-10(14)17/h5-8,16-17H,2-4,9-10,15H2,1H3;9,11H,2-8H2,1H3,(H,17,18)(H2,14,15,19);2-9H2,1H3,(H2,12,13,16);2-7H2,1H3,(H,12,17)(H2,11,13,16). The van der Waals surface area contributed by atoms with Gasteiger partial charge in [0.05, 0.1) is 44.7 Å². The van der Waals surface area contributed by atoms with Crippen LogP contribution < -0.4 is 59.0 Å². The summed E-state index contributed by atoms with van der Waals surface area (Å²) in [7, 11) is 0. The Morgan fingerprint density at radius 1 is 0.726 bits per heavy atom. The van der Waals surface area contributed by atoms with E-state index >= 15 is 0 Å². The molecule has 0 aromatic heterocycles. The fraction of sp³-hybridized carbons (Fsp3) is 0.604. The topological polar surface area (TPSA) is 329 Å². The number of nitrogens with one attached hydrogen (secondary N) is 10. The van der Waals surface area contributed by atoms with Crippen molar-refractivity contribution in [3.8, 4) is 0 Å². The molecule has 0 aliphatic carbocycles. The molecule has 25 nitrogen and oxygen atoms in total. The zero-order valence-electron chi connectivity index (χ0n) is 43.3. The summed E-state index contributed by atoms with van der Waals surface area (Å²) in [6.45, 7) is 24.2. The van der Waals surface area contributed by atoms with Crippen LogP contribution in [-0.2, 0) is 39.9 Å². The molecule has 2 saturated heterocycles. The van der Waals surface area contributed by atoms with Gasteiger partial charge < -0.3 is 72.7 Å². The average molecular weight is 1030 g/mol. The Morgan fingerprint density at radius 2 is 1.30 bits per heavy atom. The van der Waals surface area contributed by atoms with Gasteiger partial charge in [0.15, 0.2) is 5.78 Å². The van der Waals surface area contributed by atoms with E-state index in [2.05, 4.69) is 92.8 Å². The fourth-order valence-corrected chi connectivity index (χ4v) is 6.30. The predicted molar refractivity (Wildman–Crippen MR) is 278 cm³/mol. The lowest BCUT2D eigenvalue weighted by Crippen LogP contribution is -2.44. The monoisotopic (exact) mass is 1030 g/mol. The normalized spacial score (nSPS) is 14.3. The van der Waals surface area contributed by atoms with Crippen LogP contribution in [0.4, 0.5) is 24.9 Å². The summed E-state index contributed by atoms with van der Waals surface area (Å²) >= 11 is 0. The number of hydrogen-bond donors (Lipinski definition) is 11. The molecule has 410 valence electrons. The molecule has 0 radical (unpaired) electrons. The number of carbonyl (C=O) groups excluding carboxylic acids is 8. The first-order valence-corrected chi connectivity index (χ1v) is 24.8. The molecule has 1 atom stereocenters. The fourth-order valence-electron chi connectivity index (χ4n) is 6.30. The highest BCUT2D eigenvalue weighted by atomic mass is 16.5. The van der Waals surface area contributed by atoms with Crippen LogP contribution in [0.1, 0.15) is 71.8 Å². The van der Waals surface area contributed by atoms with Crippen molar-refractivity contribution in [2.24, 2.45) is 11.0 Å². The van der Waals surface area contributed by atoms with E-state index in [4.69, 9.17) is 10.5 Å². The second-order valence-corrected chi connectivity index (χ2v) is 16.3. The molecule has 25 heteroatoms. The Balaban J connectivity index is 0.000000487. The number of anilines is 1. The molecule has 1 unspecified atom stereocenters. The number of ketones is 1. The molecular weight excluding hydrogens is 949 g/mol. The minimum atomic E-state index is -0.480. The van der Waals surface area contributed by atoms with Gasteiger partial charge in [-0.2, -0.15) is 5.10 Å². The van der Waals surface area contributed by atoms with Gasteiger partial charge >= 0.3 is 36.1 Å². The average Bonchev–Trinajstić information content (AvgIpc) is 3.99. The number of amides is 9. The van der Waals surface area contributed by atoms with Crippen molar-refractivity contribution < 1.29 is 52.6 Å².